The second-order valence-corrected chi connectivity index (χ2v) is 4.19. The van der Waals surface area contributed by atoms with Gasteiger partial charge in [0.15, 0.2) is 0 Å². The van der Waals surface area contributed by atoms with Crippen molar-refractivity contribution in [2.24, 2.45) is 7.05 Å². The first kappa shape index (κ1) is 12.8. The molecule has 1 amide bonds. The molecule has 0 spiro atoms. The van der Waals surface area contributed by atoms with Gasteiger partial charge >= 0.3 is 6.09 Å². The number of nitrogens with zero attached hydrogens (tertiary/aromatic N) is 3. The van der Waals surface area contributed by atoms with E-state index in [1.165, 1.54) is 19.1 Å². The van der Waals surface area contributed by atoms with Crippen LogP contribution in [0.4, 0.5) is 4.79 Å². The maximum Gasteiger partial charge on any atom is 0.407 e. The lowest BCUT2D eigenvalue weighted by Crippen LogP contribution is -2.29. The number of halogens is 1. The van der Waals surface area contributed by atoms with E-state index in [4.69, 9.17) is 9.84 Å². The number of rotatable bonds is 3. The van der Waals surface area contributed by atoms with Crippen molar-refractivity contribution in [1.82, 2.24) is 14.7 Å². The highest BCUT2D eigenvalue weighted by atomic mass is 79.9. The number of carbonyl (C=O) groups is 1. The fraction of sp³-hybridized carbons (Fsp3) is 0.556. The van der Waals surface area contributed by atoms with Crippen LogP contribution in [0, 0.1) is 0 Å². The van der Waals surface area contributed by atoms with Crippen LogP contribution >= 0.6 is 15.9 Å². The molecule has 1 rings (SSSR count). The fourth-order valence-corrected chi connectivity index (χ4v) is 2.25. The molecule has 1 aromatic rings. The van der Waals surface area contributed by atoms with Crippen LogP contribution in [0.15, 0.2) is 4.47 Å². The zero-order valence-corrected chi connectivity index (χ0v) is 11.1. The van der Waals surface area contributed by atoms with E-state index in [0.717, 1.165) is 5.69 Å². The van der Waals surface area contributed by atoms with Crippen molar-refractivity contribution in [3.63, 3.8) is 0 Å². The maximum atomic E-state index is 10.9. The molecule has 16 heavy (non-hydrogen) atoms. The summed E-state index contributed by atoms with van der Waals surface area (Å²) >= 11 is 3.35. The Kier molecular flexibility index (Phi) is 3.79. The summed E-state index contributed by atoms with van der Waals surface area (Å²) in [6, 6.07) is -0.312. The third-order valence-electron chi connectivity index (χ3n) is 2.47. The van der Waals surface area contributed by atoms with Crippen LogP contribution in [0.3, 0.4) is 0 Å². The zero-order chi connectivity index (χ0) is 12.5. The lowest BCUT2D eigenvalue weighted by atomic mass is 10.2. The van der Waals surface area contributed by atoms with Crippen molar-refractivity contribution < 1.29 is 14.6 Å². The average Bonchev–Trinajstić information content (AvgIpc) is 2.51. The first-order valence-corrected chi connectivity index (χ1v) is 5.41. The van der Waals surface area contributed by atoms with Crippen LogP contribution in [0.25, 0.3) is 0 Å². The number of aryl methyl sites for hydroxylation is 1. The SMILES string of the molecule is COc1nn(C)c(C(C)N(C)C(=O)O)c1Br. The van der Waals surface area contributed by atoms with Crippen LogP contribution in [0.1, 0.15) is 18.7 Å². The van der Waals surface area contributed by atoms with Crippen LogP contribution in [0.5, 0.6) is 5.88 Å². The standard InChI is InChI=1S/C9H14BrN3O3/c1-5(12(2)9(14)15)7-6(10)8(16-4)11-13(7)3/h5H,1-4H3,(H,14,15). The van der Waals surface area contributed by atoms with E-state index in [9.17, 15) is 4.79 Å². The Morgan fingerprint density at radius 3 is 2.62 bits per heavy atom. The number of hydrogen-bond donors (Lipinski definition) is 1. The van der Waals surface area contributed by atoms with Crippen molar-refractivity contribution in [2.45, 2.75) is 13.0 Å². The second-order valence-electron chi connectivity index (χ2n) is 3.40. The summed E-state index contributed by atoms with van der Waals surface area (Å²) in [5.41, 5.74) is 0.752. The van der Waals surface area contributed by atoms with Gasteiger partial charge in [0.2, 0.25) is 5.88 Å². The fourth-order valence-electron chi connectivity index (χ4n) is 1.42. The third-order valence-corrected chi connectivity index (χ3v) is 3.22. The summed E-state index contributed by atoms with van der Waals surface area (Å²) in [5, 5.41) is 13.0. The highest BCUT2D eigenvalue weighted by Crippen LogP contribution is 2.33. The molecule has 1 heterocycles. The van der Waals surface area contributed by atoms with Gasteiger partial charge in [-0.05, 0) is 22.9 Å². The smallest absolute Gasteiger partial charge is 0.407 e. The number of amides is 1. The number of methoxy groups -OCH3 is 1. The Morgan fingerprint density at radius 1 is 1.69 bits per heavy atom. The highest BCUT2D eigenvalue weighted by molar-refractivity contribution is 9.10. The molecule has 0 aromatic carbocycles. The monoisotopic (exact) mass is 291 g/mol. The lowest BCUT2D eigenvalue weighted by molar-refractivity contribution is 0.140. The Labute approximate surface area is 102 Å². The molecular weight excluding hydrogens is 278 g/mol. The van der Waals surface area contributed by atoms with Crippen LogP contribution in [-0.2, 0) is 7.05 Å². The molecule has 0 bridgehead atoms. The van der Waals surface area contributed by atoms with Gasteiger partial charge in [0.05, 0.1) is 18.8 Å². The number of carboxylic acid groups (broad SMARTS) is 1. The average molecular weight is 292 g/mol. The Hall–Kier alpha value is -1.24. The minimum atomic E-state index is -0.987. The Bertz CT molecular complexity index is 405. The molecule has 0 saturated carbocycles. The van der Waals surface area contributed by atoms with E-state index < -0.39 is 6.09 Å². The predicted molar refractivity (Wildman–Crippen MR) is 61.7 cm³/mol. The summed E-state index contributed by atoms with van der Waals surface area (Å²) in [7, 11) is 4.77. The number of hydrogen-bond acceptors (Lipinski definition) is 3. The quantitative estimate of drug-likeness (QED) is 0.923. The van der Waals surface area contributed by atoms with E-state index in [1.807, 2.05) is 0 Å². The van der Waals surface area contributed by atoms with E-state index in [2.05, 4.69) is 21.0 Å². The number of ether oxygens (including phenoxy) is 1. The topological polar surface area (TPSA) is 67.6 Å². The Balaban J connectivity index is 3.13. The molecule has 6 nitrogen and oxygen atoms in total. The van der Waals surface area contributed by atoms with Gasteiger partial charge in [-0.3, -0.25) is 4.68 Å². The Morgan fingerprint density at radius 2 is 2.25 bits per heavy atom. The predicted octanol–water partition coefficient (Wildman–Crippen LogP) is 1.86. The minimum absolute atomic E-state index is 0.312. The first-order valence-electron chi connectivity index (χ1n) is 4.62. The summed E-state index contributed by atoms with van der Waals surface area (Å²) in [6.45, 7) is 1.79. The molecule has 1 atom stereocenters. The van der Waals surface area contributed by atoms with Gasteiger partial charge < -0.3 is 14.7 Å². The lowest BCUT2D eigenvalue weighted by Gasteiger charge is -2.22. The number of aromatic nitrogens is 2. The second kappa shape index (κ2) is 4.73. The van der Waals surface area contributed by atoms with Crippen LogP contribution in [-0.4, -0.2) is 40.0 Å². The van der Waals surface area contributed by atoms with Crippen LogP contribution in [0.2, 0.25) is 0 Å². The molecule has 0 radical (unpaired) electrons. The molecule has 0 aliphatic heterocycles. The zero-order valence-electron chi connectivity index (χ0n) is 9.56. The molecule has 0 aliphatic carbocycles. The van der Waals surface area contributed by atoms with Gasteiger partial charge in [0.25, 0.3) is 0 Å². The molecule has 1 N–H and O–H groups in total. The van der Waals surface area contributed by atoms with Gasteiger partial charge in [-0.1, -0.05) is 0 Å². The van der Waals surface area contributed by atoms with Crippen molar-refractivity contribution in [3.8, 4) is 5.88 Å². The molecule has 90 valence electrons. The normalized spacial score (nSPS) is 12.3. The van der Waals surface area contributed by atoms with Gasteiger partial charge in [0.1, 0.15) is 4.47 Å². The van der Waals surface area contributed by atoms with Gasteiger partial charge in [0, 0.05) is 14.1 Å². The minimum Gasteiger partial charge on any atom is -0.479 e. The molecule has 7 heteroatoms. The first-order chi connectivity index (χ1) is 7.40. The molecule has 0 aliphatic rings. The van der Waals surface area contributed by atoms with Crippen molar-refractivity contribution >= 4 is 22.0 Å². The molecule has 1 unspecified atom stereocenters. The van der Waals surface area contributed by atoms with Crippen LogP contribution < -0.4 is 4.74 Å². The van der Waals surface area contributed by atoms with Gasteiger partial charge in [-0.15, -0.1) is 5.10 Å². The van der Waals surface area contributed by atoms with E-state index >= 15 is 0 Å². The largest absolute Gasteiger partial charge is 0.479 e. The summed E-state index contributed by atoms with van der Waals surface area (Å²) < 4.78 is 7.34. The van der Waals surface area contributed by atoms with Crippen molar-refractivity contribution in [3.05, 3.63) is 10.2 Å². The highest BCUT2D eigenvalue weighted by Gasteiger charge is 2.25. The van der Waals surface area contributed by atoms with Gasteiger partial charge in [-0.25, -0.2) is 4.79 Å². The van der Waals surface area contributed by atoms with E-state index in [0.29, 0.717) is 10.4 Å². The van der Waals surface area contributed by atoms with E-state index in [1.54, 1.807) is 18.7 Å². The molecule has 1 aromatic heterocycles. The van der Waals surface area contributed by atoms with Gasteiger partial charge in [-0.2, -0.15) is 0 Å². The molecular formula is C9H14BrN3O3. The summed E-state index contributed by atoms with van der Waals surface area (Å²) in [4.78, 5) is 12.1. The summed E-state index contributed by atoms with van der Waals surface area (Å²) in [6.07, 6.45) is -0.987. The van der Waals surface area contributed by atoms with E-state index in [-0.39, 0.29) is 6.04 Å². The maximum absolute atomic E-state index is 10.9. The summed E-state index contributed by atoms with van der Waals surface area (Å²) in [5.74, 6) is 0.447. The molecule has 0 fully saturated rings. The third kappa shape index (κ3) is 2.13. The van der Waals surface area contributed by atoms with Crippen molar-refractivity contribution in [2.75, 3.05) is 14.2 Å². The molecule has 0 saturated heterocycles. The van der Waals surface area contributed by atoms with Crippen molar-refractivity contribution in [1.29, 1.82) is 0 Å².